The summed E-state index contributed by atoms with van der Waals surface area (Å²) < 4.78 is 22.1. The van der Waals surface area contributed by atoms with Crippen molar-refractivity contribution in [1.29, 1.82) is 0 Å². The molecule has 3 rings (SSSR count). The Hall–Kier alpha value is -2.42. The molecule has 0 saturated carbocycles. The van der Waals surface area contributed by atoms with Gasteiger partial charge in [-0.05, 0) is 6.92 Å². The molecule has 1 aliphatic heterocycles. The van der Waals surface area contributed by atoms with E-state index in [4.69, 9.17) is 29.1 Å². The van der Waals surface area contributed by atoms with Gasteiger partial charge in [0.05, 0.1) is 6.33 Å². The number of terminal acetylenes is 1. The van der Waals surface area contributed by atoms with Crippen molar-refractivity contribution in [2.24, 2.45) is 5.18 Å². The van der Waals surface area contributed by atoms with Crippen LogP contribution in [-0.2, 0) is 4.74 Å². The van der Waals surface area contributed by atoms with E-state index in [0.717, 1.165) is 0 Å². The molecule has 9 nitrogen and oxygen atoms in total. The van der Waals surface area contributed by atoms with Crippen LogP contribution in [-0.4, -0.2) is 48.5 Å². The predicted molar refractivity (Wildman–Crippen MR) is 85.0 cm³/mol. The van der Waals surface area contributed by atoms with Crippen molar-refractivity contribution in [3.8, 4) is 12.3 Å². The number of aromatic nitrogens is 4. The lowest BCUT2D eigenvalue weighted by Gasteiger charge is -2.23. The molecule has 1 fully saturated rings. The number of anilines is 1. The van der Waals surface area contributed by atoms with Crippen molar-refractivity contribution < 1.29 is 14.2 Å². The molecule has 2 aromatic heterocycles. The number of aromatic amines is 1. The van der Waals surface area contributed by atoms with Crippen molar-refractivity contribution >= 4 is 29.3 Å². The monoisotopic (exact) mass is 352 g/mol. The third-order valence-corrected chi connectivity index (χ3v) is 4.25. The second-order valence-electron chi connectivity index (χ2n) is 5.43. The number of nitrogens with one attached hydrogen (secondary N) is 1. The summed E-state index contributed by atoms with van der Waals surface area (Å²) in [5.41, 5.74) is 3.51. The molecule has 5 atom stereocenters. The molecule has 0 radical (unpaired) electrons. The number of hydrogen-bond donors (Lipinski definition) is 3. The van der Waals surface area contributed by atoms with Gasteiger partial charge in [0.2, 0.25) is 5.67 Å². The van der Waals surface area contributed by atoms with Gasteiger partial charge in [-0.15, -0.1) is 6.42 Å². The van der Waals surface area contributed by atoms with E-state index in [0.29, 0.717) is 0 Å². The van der Waals surface area contributed by atoms with Gasteiger partial charge in [-0.2, -0.15) is 4.91 Å². The van der Waals surface area contributed by atoms with Crippen molar-refractivity contribution in [1.82, 2.24) is 19.5 Å². The van der Waals surface area contributed by atoms with Crippen LogP contribution in [0.1, 0.15) is 13.2 Å². The Kier molecular flexibility index (Phi) is 3.83. The van der Waals surface area contributed by atoms with Gasteiger partial charge in [-0.3, -0.25) is 4.57 Å². The molecule has 11 heteroatoms. The van der Waals surface area contributed by atoms with Crippen molar-refractivity contribution in [2.75, 3.05) is 5.73 Å². The van der Waals surface area contributed by atoms with E-state index in [1.165, 1.54) is 17.8 Å². The summed E-state index contributed by atoms with van der Waals surface area (Å²) in [5.74, 6) is 1.91. The number of nitroso groups, excluding NO2 is 1. The summed E-state index contributed by atoms with van der Waals surface area (Å²) in [5, 5.41) is 13.0. The Morgan fingerprint density at radius 3 is 3.08 bits per heavy atom. The highest BCUT2D eigenvalue weighted by Gasteiger charge is 2.59. The van der Waals surface area contributed by atoms with Gasteiger partial charge in [0.25, 0.3) is 0 Å². The van der Waals surface area contributed by atoms with E-state index in [1.807, 2.05) is 5.92 Å². The zero-order chi connectivity index (χ0) is 17.6. The Bertz CT molecular complexity index is 907. The predicted octanol–water partition coefficient (Wildman–Crippen LogP) is 0.826. The SMILES string of the molecule is C#C[C@@]1(F)C(O)[C@@H]([C@H](C)N=O)O[C@H]1n1cnc2c(=S)nc(N)[nH]c21. The lowest BCUT2D eigenvalue weighted by atomic mass is 9.94. The molecule has 3 heterocycles. The van der Waals surface area contributed by atoms with E-state index < -0.39 is 30.1 Å². The minimum absolute atomic E-state index is 0.00237. The quantitative estimate of drug-likeness (QED) is 0.423. The molecule has 126 valence electrons. The van der Waals surface area contributed by atoms with Gasteiger partial charge >= 0.3 is 0 Å². The Labute approximate surface area is 140 Å². The zero-order valence-electron chi connectivity index (χ0n) is 12.4. The maximum absolute atomic E-state index is 15.2. The fourth-order valence-corrected chi connectivity index (χ4v) is 2.95. The van der Waals surface area contributed by atoms with E-state index >= 15 is 4.39 Å². The molecule has 4 N–H and O–H groups in total. The number of halogens is 1. The topological polar surface area (TPSA) is 131 Å². The number of H-pyrrole nitrogens is 1. The summed E-state index contributed by atoms with van der Waals surface area (Å²) in [7, 11) is 0. The summed E-state index contributed by atoms with van der Waals surface area (Å²) in [4.78, 5) is 21.4. The fraction of sp³-hybridized carbons (Fsp3) is 0.462. The molecule has 24 heavy (non-hydrogen) atoms. The molecule has 0 amide bonds. The third-order valence-electron chi connectivity index (χ3n) is 3.97. The lowest BCUT2D eigenvalue weighted by molar-refractivity contribution is -0.0386. The molecule has 1 saturated heterocycles. The molecule has 2 aromatic rings. The Morgan fingerprint density at radius 1 is 1.75 bits per heavy atom. The van der Waals surface area contributed by atoms with E-state index in [9.17, 15) is 10.0 Å². The average molecular weight is 352 g/mol. The lowest BCUT2D eigenvalue weighted by Crippen LogP contribution is -2.43. The summed E-state index contributed by atoms with van der Waals surface area (Å²) in [6.07, 6.45) is 2.11. The van der Waals surface area contributed by atoms with E-state index in [2.05, 4.69) is 20.1 Å². The number of imidazole rings is 1. The van der Waals surface area contributed by atoms with Crippen molar-refractivity contribution in [3.63, 3.8) is 0 Å². The van der Waals surface area contributed by atoms with Crippen LogP contribution in [0.15, 0.2) is 11.5 Å². The first-order valence-electron chi connectivity index (χ1n) is 6.88. The normalized spacial score (nSPS) is 31.0. The zero-order valence-corrected chi connectivity index (χ0v) is 13.2. The third kappa shape index (κ3) is 2.19. The van der Waals surface area contributed by atoms with Crippen LogP contribution in [0.4, 0.5) is 10.3 Å². The molecule has 0 bridgehead atoms. The van der Waals surface area contributed by atoms with Gasteiger partial charge < -0.3 is 20.6 Å². The average Bonchev–Trinajstić information content (AvgIpc) is 3.07. The van der Waals surface area contributed by atoms with Crippen LogP contribution < -0.4 is 5.73 Å². The molecule has 0 aliphatic carbocycles. The maximum Gasteiger partial charge on any atom is 0.243 e. The first-order chi connectivity index (χ1) is 11.3. The van der Waals surface area contributed by atoms with E-state index in [-0.39, 0.29) is 21.8 Å². The second kappa shape index (κ2) is 5.59. The molecule has 0 spiro atoms. The first kappa shape index (κ1) is 16.4. The minimum atomic E-state index is -2.61. The molecular formula is C13H13FN6O3S. The maximum atomic E-state index is 15.2. The first-order valence-corrected chi connectivity index (χ1v) is 7.29. The number of aliphatic hydroxyl groups excluding tert-OH is 1. The Balaban J connectivity index is 2.16. The number of aliphatic hydroxyl groups is 1. The minimum Gasteiger partial charge on any atom is -0.386 e. The van der Waals surface area contributed by atoms with Crippen LogP contribution in [0.2, 0.25) is 0 Å². The standard InChI is InChI=1S/C13H13FN6O3S/c1-3-13(14)8(21)7(5(2)19-22)23-11(13)20-4-16-6-9(20)17-12(15)18-10(6)24/h1,4-5,7-8,11,21H,2H3,(H3,15,17,18,24)/t5-,7+,8?,11+,13+/m0/s1. The summed E-state index contributed by atoms with van der Waals surface area (Å²) >= 11 is 5.05. The highest BCUT2D eigenvalue weighted by Crippen LogP contribution is 2.43. The highest BCUT2D eigenvalue weighted by atomic mass is 32.1. The number of nitrogen functional groups attached to an aromatic ring is 1. The van der Waals surface area contributed by atoms with Crippen molar-refractivity contribution in [3.05, 3.63) is 15.9 Å². The number of hydrogen-bond acceptors (Lipinski definition) is 8. The summed E-state index contributed by atoms with van der Waals surface area (Å²) in [6, 6.07) is -1.01. The number of fused-ring (bicyclic) bond motifs is 1. The largest absolute Gasteiger partial charge is 0.386 e. The van der Waals surface area contributed by atoms with Gasteiger partial charge in [0.15, 0.2) is 16.8 Å². The van der Waals surface area contributed by atoms with Gasteiger partial charge in [-0.1, -0.05) is 23.3 Å². The fourth-order valence-electron chi connectivity index (χ4n) is 2.70. The van der Waals surface area contributed by atoms with Crippen LogP contribution in [0.5, 0.6) is 0 Å². The number of ether oxygens (including phenoxy) is 1. The van der Waals surface area contributed by atoms with E-state index in [1.54, 1.807) is 0 Å². The van der Waals surface area contributed by atoms with Crippen LogP contribution >= 0.6 is 12.2 Å². The second-order valence-corrected chi connectivity index (χ2v) is 5.82. The van der Waals surface area contributed by atoms with Crippen LogP contribution in [0.3, 0.4) is 0 Å². The van der Waals surface area contributed by atoms with Crippen LogP contribution in [0, 0.1) is 21.9 Å². The summed E-state index contributed by atoms with van der Waals surface area (Å²) in [6.45, 7) is 1.39. The number of nitrogens with zero attached hydrogens (tertiary/aromatic N) is 4. The van der Waals surface area contributed by atoms with Gasteiger partial charge in [-0.25, -0.2) is 14.4 Å². The molecule has 0 aromatic carbocycles. The highest BCUT2D eigenvalue weighted by molar-refractivity contribution is 7.71. The number of alkyl halides is 1. The Morgan fingerprint density at radius 2 is 2.46 bits per heavy atom. The number of nitrogens with two attached hydrogens (primary N) is 1. The smallest absolute Gasteiger partial charge is 0.243 e. The molecule has 1 aliphatic rings. The number of rotatable bonds is 3. The van der Waals surface area contributed by atoms with Gasteiger partial charge in [0.1, 0.15) is 29.4 Å². The molecular weight excluding hydrogens is 339 g/mol. The van der Waals surface area contributed by atoms with Gasteiger partial charge in [0, 0.05) is 0 Å². The molecule has 1 unspecified atom stereocenters. The van der Waals surface area contributed by atoms with Crippen LogP contribution in [0.25, 0.3) is 11.2 Å². The van der Waals surface area contributed by atoms with Crippen molar-refractivity contribution in [2.45, 2.75) is 37.1 Å².